The van der Waals surface area contributed by atoms with Gasteiger partial charge in [0, 0.05) is 30.8 Å². The minimum Gasteiger partial charge on any atom is -0.475 e. The molecule has 4 aromatic rings. The van der Waals surface area contributed by atoms with Crippen molar-refractivity contribution in [2.75, 3.05) is 13.7 Å². The van der Waals surface area contributed by atoms with Crippen LogP contribution < -0.4 is 10.1 Å². The number of esters is 1. The van der Waals surface area contributed by atoms with Crippen molar-refractivity contribution in [3.8, 4) is 23.0 Å². The highest BCUT2D eigenvalue weighted by molar-refractivity contribution is 5.82. The molecule has 39 heavy (non-hydrogen) atoms. The molecule has 0 saturated carbocycles. The Balaban J connectivity index is 1.25. The first-order chi connectivity index (χ1) is 18.9. The van der Waals surface area contributed by atoms with Crippen LogP contribution in [-0.2, 0) is 20.7 Å². The van der Waals surface area contributed by atoms with Crippen LogP contribution in [0.2, 0.25) is 0 Å². The Bertz CT molecular complexity index is 1440. The average Bonchev–Trinajstić information content (AvgIpc) is 3.53. The van der Waals surface area contributed by atoms with Crippen LogP contribution in [0.25, 0.3) is 17.1 Å². The summed E-state index contributed by atoms with van der Waals surface area (Å²) in [5, 5.41) is 2.63. The van der Waals surface area contributed by atoms with E-state index in [4.69, 9.17) is 14.2 Å². The average molecular weight is 528 g/mol. The predicted octanol–water partition coefficient (Wildman–Crippen LogP) is 4.07. The van der Waals surface area contributed by atoms with Crippen molar-refractivity contribution in [1.82, 2.24) is 24.8 Å². The fourth-order valence-corrected chi connectivity index (χ4v) is 4.67. The SMILES string of the molecule is COC(=O)[C@H](Cc1cn(-c2nccc(OC(C)C)n2)cn1)NC(=O)OCC1c2ccccc2-c2ccccc21. The molecule has 2 aromatic heterocycles. The lowest BCUT2D eigenvalue weighted by molar-refractivity contribution is -0.143. The van der Waals surface area contributed by atoms with Gasteiger partial charge in [0.25, 0.3) is 0 Å². The number of imidazole rings is 1. The molecule has 5 rings (SSSR count). The minimum atomic E-state index is -0.995. The van der Waals surface area contributed by atoms with E-state index in [0.29, 0.717) is 17.5 Å². The van der Waals surface area contributed by atoms with Crippen LogP contribution in [0.15, 0.2) is 73.3 Å². The number of nitrogens with one attached hydrogen (secondary N) is 1. The van der Waals surface area contributed by atoms with Crippen LogP contribution in [0.5, 0.6) is 5.88 Å². The molecule has 0 spiro atoms. The number of fused-ring (bicyclic) bond motifs is 3. The normalized spacial score (nSPS) is 12.9. The fraction of sp³-hybridized carbons (Fsp3) is 0.276. The van der Waals surface area contributed by atoms with E-state index in [1.807, 2.05) is 50.2 Å². The number of carbonyl (C=O) groups is 2. The van der Waals surface area contributed by atoms with Gasteiger partial charge in [-0.3, -0.25) is 4.57 Å². The summed E-state index contributed by atoms with van der Waals surface area (Å²) < 4.78 is 17.8. The summed E-state index contributed by atoms with van der Waals surface area (Å²) in [5.41, 5.74) is 5.01. The smallest absolute Gasteiger partial charge is 0.407 e. The van der Waals surface area contributed by atoms with Gasteiger partial charge in [-0.2, -0.15) is 4.98 Å². The van der Waals surface area contributed by atoms with Crippen molar-refractivity contribution < 1.29 is 23.8 Å². The Morgan fingerprint density at radius 1 is 1.00 bits per heavy atom. The summed E-state index contributed by atoms with van der Waals surface area (Å²) in [5.74, 6) is 0.105. The third-order valence-corrected chi connectivity index (χ3v) is 6.38. The number of ether oxygens (including phenoxy) is 3. The highest BCUT2D eigenvalue weighted by atomic mass is 16.6. The molecule has 10 nitrogen and oxygen atoms in total. The van der Waals surface area contributed by atoms with Gasteiger partial charge in [-0.05, 0) is 36.1 Å². The van der Waals surface area contributed by atoms with E-state index in [2.05, 4.69) is 32.4 Å². The van der Waals surface area contributed by atoms with E-state index in [1.54, 1.807) is 23.0 Å². The summed E-state index contributed by atoms with van der Waals surface area (Å²) in [6, 6.07) is 16.8. The molecule has 0 bridgehead atoms. The maximum atomic E-state index is 12.8. The van der Waals surface area contributed by atoms with E-state index in [1.165, 1.54) is 13.4 Å². The third kappa shape index (κ3) is 5.74. The lowest BCUT2D eigenvalue weighted by atomic mass is 9.98. The first-order valence-electron chi connectivity index (χ1n) is 12.6. The van der Waals surface area contributed by atoms with Crippen LogP contribution in [0.4, 0.5) is 4.79 Å². The van der Waals surface area contributed by atoms with Crippen LogP contribution in [-0.4, -0.2) is 57.4 Å². The van der Waals surface area contributed by atoms with Gasteiger partial charge >= 0.3 is 12.1 Å². The van der Waals surface area contributed by atoms with Gasteiger partial charge in [0.1, 0.15) is 19.0 Å². The fourth-order valence-electron chi connectivity index (χ4n) is 4.67. The standard InChI is InChI=1S/C29H29N5O5/c1-18(2)39-26-12-13-30-28(33-26)34-15-19(31-17-34)14-25(27(35)37-3)32-29(36)38-16-24-22-10-6-4-8-20(22)21-9-5-7-11-23(21)24/h4-13,15,17-18,24-25H,14,16H2,1-3H3,(H,32,36)/t25-/m0/s1. The zero-order valence-corrected chi connectivity index (χ0v) is 21.9. The summed E-state index contributed by atoms with van der Waals surface area (Å²) in [6.07, 6.45) is 4.15. The van der Waals surface area contributed by atoms with Crippen LogP contribution in [0.1, 0.15) is 36.6 Å². The third-order valence-electron chi connectivity index (χ3n) is 6.38. The van der Waals surface area contributed by atoms with E-state index < -0.39 is 18.1 Å². The first kappa shape index (κ1) is 25.9. The molecular weight excluding hydrogens is 498 g/mol. The summed E-state index contributed by atoms with van der Waals surface area (Å²) in [6.45, 7) is 3.95. The van der Waals surface area contributed by atoms with Crippen molar-refractivity contribution in [3.63, 3.8) is 0 Å². The molecule has 2 heterocycles. The van der Waals surface area contributed by atoms with Crippen LogP contribution in [0, 0.1) is 0 Å². The number of hydrogen-bond acceptors (Lipinski definition) is 8. The largest absolute Gasteiger partial charge is 0.475 e. The summed E-state index contributed by atoms with van der Waals surface area (Å²) in [4.78, 5) is 38.3. The highest BCUT2D eigenvalue weighted by Gasteiger charge is 2.30. The monoisotopic (exact) mass is 527 g/mol. The number of amides is 1. The Hall–Kier alpha value is -4.73. The van der Waals surface area contributed by atoms with E-state index in [9.17, 15) is 9.59 Å². The molecule has 0 radical (unpaired) electrons. The van der Waals surface area contributed by atoms with Gasteiger partial charge < -0.3 is 19.5 Å². The second-order valence-electron chi connectivity index (χ2n) is 9.38. The molecule has 10 heteroatoms. The van der Waals surface area contributed by atoms with Gasteiger partial charge in [0.2, 0.25) is 11.8 Å². The van der Waals surface area contributed by atoms with Gasteiger partial charge in [-0.1, -0.05) is 48.5 Å². The molecular formula is C29H29N5O5. The number of nitrogens with zero attached hydrogens (tertiary/aromatic N) is 4. The molecule has 1 aliphatic carbocycles. The second-order valence-corrected chi connectivity index (χ2v) is 9.38. The Morgan fingerprint density at radius 3 is 2.36 bits per heavy atom. The van der Waals surface area contributed by atoms with Gasteiger partial charge in [-0.25, -0.2) is 19.6 Å². The number of alkyl carbamates (subject to hydrolysis) is 1. The molecule has 0 fully saturated rings. The van der Waals surface area contributed by atoms with Crippen LogP contribution >= 0.6 is 0 Å². The topological polar surface area (TPSA) is 117 Å². The number of hydrogen-bond donors (Lipinski definition) is 1. The zero-order chi connectivity index (χ0) is 27.4. The minimum absolute atomic E-state index is 0.0316. The maximum absolute atomic E-state index is 12.8. The molecule has 1 N–H and O–H groups in total. The molecule has 1 amide bonds. The number of methoxy groups -OCH3 is 1. The lowest BCUT2D eigenvalue weighted by Gasteiger charge is -2.18. The molecule has 1 atom stereocenters. The first-order valence-corrected chi connectivity index (χ1v) is 12.6. The summed E-state index contributed by atoms with van der Waals surface area (Å²) >= 11 is 0. The van der Waals surface area contributed by atoms with Crippen LogP contribution in [0.3, 0.4) is 0 Å². The van der Waals surface area contributed by atoms with E-state index in [-0.39, 0.29) is 25.0 Å². The molecule has 0 aliphatic heterocycles. The molecule has 0 unspecified atom stereocenters. The van der Waals surface area contributed by atoms with Gasteiger partial charge in [0.15, 0.2) is 0 Å². The molecule has 1 aliphatic rings. The van der Waals surface area contributed by atoms with Crippen molar-refractivity contribution in [1.29, 1.82) is 0 Å². The predicted molar refractivity (Wildman–Crippen MR) is 143 cm³/mol. The molecule has 200 valence electrons. The second kappa shape index (κ2) is 11.3. The maximum Gasteiger partial charge on any atom is 0.407 e. The number of aromatic nitrogens is 4. The number of rotatable bonds is 9. The Morgan fingerprint density at radius 2 is 1.69 bits per heavy atom. The van der Waals surface area contributed by atoms with Crippen molar-refractivity contribution in [2.24, 2.45) is 0 Å². The Kier molecular flexibility index (Phi) is 7.53. The number of benzene rings is 2. The van der Waals surface area contributed by atoms with Gasteiger partial charge in [-0.15, -0.1) is 0 Å². The van der Waals surface area contributed by atoms with Crippen molar-refractivity contribution in [2.45, 2.75) is 38.3 Å². The molecule has 2 aromatic carbocycles. The lowest BCUT2D eigenvalue weighted by Crippen LogP contribution is -2.43. The quantitative estimate of drug-likeness (QED) is 0.324. The van der Waals surface area contributed by atoms with Crippen molar-refractivity contribution in [3.05, 3.63) is 90.1 Å². The van der Waals surface area contributed by atoms with Crippen molar-refractivity contribution >= 4 is 12.1 Å². The number of carbonyl (C=O) groups excluding carboxylic acids is 2. The Labute approximate surface area is 226 Å². The summed E-state index contributed by atoms with van der Waals surface area (Å²) in [7, 11) is 1.27. The zero-order valence-electron chi connectivity index (χ0n) is 21.9. The van der Waals surface area contributed by atoms with Gasteiger partial charge in [0.05, 0.1) is 18.9 Å². The molecule has 0 saturated heterocycles. The van der Waals surface area contributed by atoms with E-state index >= 15 is 0 Å². The highest BCUT2D eigenvalue weighted by Crippen LogP contribution is 2.44. The van der Waals surface area contributed by atoms with E-state index in [0.717, 1.165) is 22.3 Å².